The summed E-state index contributed by atoms with van der Waals surface area (Å²) in [6.07, 6.45) is 5.17. The molecule has 1 amide bonds. The lowest BCUT2D eigenvalue weighted by atomic mass is 10.0. The van der Waals surface area contributed by atoms with Gasteiger partial charge in [-0.1, -0.05) is 12.8 Å². The van der Waals surface area contributed by atoms with E-state index < -0.39 is 0 Å². The number of rotatable bonds is 5. The standard InChI is InChI=1S/C12H22N2O2/c1-12(8-13-9-12)16-7-11(15)14-6-10-4-2-3-5-10/h10,13H,2-9H2,1H3,(H,14,15). The van der Waals surface area contributed by atoms with Crippen LogP contribution in [-0.2, 0) is 9.53 Å². The predicted molar refractivity (Wildman–Crippen MR) is 62.2 cm³/mol. The Balaban J connectivity index is 1.57. The Morgan fingerprint density at radius 1 is 1.44 bits per heavy atom. The van der Waals surface area contributed by atoms with E-state index in [0.717, 1.165) is 19.6 Å². The average Bonchev–Trinajstić information content (AvgIpc) is 2.73. The Hall–Kier alpha value is -0.610. The van der Waals surface area contributed by atoms with Crippen molar-refractivity contribution in [2.24, 2.45) is 5.92 Å². The van der Waals surface area contributed by atoms with E-state index in [1.54, 1.807) is 0 Å². The molecular weight excluding hydrogens is 204 g/mol. The fourth-order valence-corrected chi connectivity index (χ4v) is 2.34. The Morgan fingerprint density at radius 3 is 2.69 bits per heavy atom. The highest BCUT2D eigenvalue weighted by Gasteiger charge is 2.33. The van der Waals surface area contributed by atoms with Crippen LogP contribution in [0, 0.1) is 5.92 Å². The molecule has 0 aromatic carbocycles. The number of carbonyl (C=O) groups is 1. The highest BCUT2D eigenvalue weighted by atomic mass is 16.5. The Bertz CT molecular complexity index is 245. The lowest BCUT2D eigenvalue weighted by Gasteiger charge is -2.38. The topological polar surface area (TPSA) is 50.4 Å². The third kappa shape index (κ3) is 3.19. The Labute approximate surface area is 97.1 Å². The maximum atomic E-state index is 11.5. The Morgan fingerprint density at radius 2 is 2.12 bits per heavy atom. The quantitative estimate of drug-likeness (QED) is 0.724. The molecule has 0 bridgehead atoms. The number of amides is 1. The summed E-state index contributed by atoms with van der Waals surface area (Å²) in [5.41, 5.74) is -0.120. The third-order valence-corrected chi connectivity index (χ3v) is 3.61. The number of carbonyl (C=O) groups excluding carboxylic acids is 1. The summed E-state index contributed by atoms with van der Waals surface area (Å²) in [7, 11) is 0. The molecule has 0 atom stereocenters. The van der Waals surface area contributed by atoms with E-state index in [9.17, 15) is 4.79 Å². The number of hydrogen-bond donors (Lipinski definition) is 2. The van der Waals surface area contributed by atoms with E-state index in [-0.39, 0.29) is 18.1 Å². The van der Waals surface area contributed by atoms with Gasteiger partial charge in [-0.15, -0.1) is 0 Å². The van der Waals surface area contributed by atoms with Gasteiger partial charge in [0.05, 0.1) is 5.60 Å². The SMILES string of the molecule is CC1(OCC(=O)NCC2CCCC2)CNC1. The molecule has 0 aromatic heterocycles. The van der Waals surface area contributed by atoms with Crippen molar-refractivity contribution >= 4 is 5.91 Å². The summed E-state index contributed by atoms with van der Waals surface area (Å²) in [4.78, 5) is 11.5. The van der Waals surface area contributed by atoms with Gasteiger partial charge in [-0.05, 0) is 25.7 Å². The normalized spacial score (nSPS) is 24.1. The van der Waals surface area contributed by atoms with E-state index >= 15 is 0 Å². The molecule has 2 aliphatic rings. The van der Waals surface area contributed by atoms with Crippen molar-refractivity contribution in [3.05, 3.63) is 0 Å². The van der Waals surface area contributed by atoms with E-state index in [0.29, 0.717) is 5.92 Å². The van der Waals surface area contributed by atoms with E-state index in [4.69, 9.17) is 4.74 Å². The minimum atomic E-state index is -0.120. The summed E-state index contributed by atoms with van der Waals surface area (Å²) in [6, 6.07) is 0. The van der Waals surface area contributed by atoms with E-state index in [1.165, 1.54) is 25.7 Å². The van der Waals surface area contributed by atoms with Crippen molar-refractivity contribution in [2.45, 2.75) is 38.2 Å². The van der Waals surface area contributed by atoms with Gasteiger partial charge in [0.2, 0.25) is 5.91 Å². The molecule has 92 valence electrons. The second kappa shape index (κ2) is 5.15. The molecule has 1 aliphatic carbocycles. The van der Waals surface area contributed by atoms with Crippen LogP contribution in [0.2, 0.25) is 0 Å². The van der Waals surface area contributed by atoms with Crippen LogP contribution >= 0.6 is 0 Å². The zero-order chi connectivity index (χ0) is 11.4. The maximum Gasteiger partial charge on any atom is 0.246 e. The average molecular weight is 226 g/mol. The largest absolute Gasteiger partial charge is 0.363 e. The first-order valence-electron chi connectivity index (χ1n) is 6.29. The zero-order valence-electron chi connectivity index (χ0n) is 10.1. The summed E-state index contributed by atoms with van der Waals surface area (Å²) < 4.78 is 5.57. The lowest BCUT2D eigenvalue weighted by molar-refractivity contribution is -0.136. The second-order valence-corrected chi connectivity index (χ2v) is 5.30. The van der Waals surface area contributed by atoms with Crippen molar-refractivity contribution in [1.82, 2.24) is 10.6 Å². The Kier molecular flexibility index (Phi) is 3.82. The van der Waals surface area contributed by atoms with Crippen LogP contribution in [0.15, 0.2) is 0 Å². The summed E-state index contributed by atoms with van der Waals surface area (Å²) in [6.45, 7) is 4.77. The van der Waals surface area contributed by atoms with Gasteiger partial charge >= 0.3 is 0 Å². The molecule has 0 spiro atoms. The van der Waals surface area contributed by atoms with Crippen molar-refractivity contribution in [3.8, 4) is 0 Å². The first kappa shape index (κ1) is 11.9. The van der Waals surface area contributed by atoms with Crippen molar-refractivity contribution in [2.75, 3.05) is 26.2 Å². The van der Waals surface area contributed by atoms with Gasteiger partial charge in [0, 0.05) is 19.6 Å². The van der Waals surface area contributed by atoms with Crippen molar-refractivity contribution < 1.29 is 9.53 Å². The summed E-state index contributed by atoms with van der Waals surface area (Å²) >= 11 is 0. The second-order valence-electron chi connectivity index (χ2n) is 5.30. The van der Waals surface area contributed by atoms with Gasteiger partial charge in [0.15, 0.2) is 0 Å². The van der Waals surface area contributed by atoms with Gasteiger partial charge < -0.3 is 15.4 Å². The van der Waals surface area contributed by atoms with E-state index in [1.807, 2.05) is 6.92 Å². The van der Waals surface area contributed by atoms with Crippen molar-refractivity contribution in [1.29, 1.82) is 0 Å². The highest BCUT2D eigenvalue weighted by molar-refractivity contribution is 5.77. The van der Waals surface area contributed by atoms with E-state index in [2.05, 4.69) is 10.6 Å². The third-order valence-electron chi connectivity index (χ3n) is 3.61. The van der Waals surface area contributed by atoms with Gasteiger partial charge in [0.25, 0.3) is 0 Å². The van der Waals surface area contributed by atoms with Crippen LogP contribution in [0.5, 0.6) is 0 Å². The molecule has 4 nitrogen and oxygen atoms in total. The molecule has 2 rings (SSSR count). The number of ether oxygens (including phenoxy) is 1. The van der Waals surface area contributed by atoms with Crippen LogP contribution in [-0.4, -0.2) is 37.7 Å². The minimum absolute atomic E-state index is 0.0278. The fourth-order valence-electron chi connectivity index (χ4n) is 2.34. The van der Waals surface area contributed by atoms with Crippen LogP contribution in [0.25, 0.3) is 0 Å². The van der Waals surface area contributed by atoms with Crippen LogP contribution in [0.1, 0.15) is 32.6 Å². The van der Waals surface area contributed by atoms with Gasteiger partial charge in [-0.2, -0.15) is 0 Å². The van der Waals surface area contributed by atoms with Crippen LogP contribution < -0.4 is 10.6 Å². The lowest BCUT2D eigenvalue weighted by Crippen LogP contribution is -2.59. The van der Waals surface area contributed by atoms with Gasteiger partial charge in [-0.25, -0.2) is 0 Å². The predicted octanol–water partition coefficient (Wildman–Crippen LogP) is 0.671. The molecule has 0 unspecified atom stereocenters. The molecule has 2 fully saturated rings. The number of nitrogens with one attached hydrogen (secondary N) is 2. The van der Waals surface area contributed by atoms with Crippen molar-refractivity contribution in [3.63, 3.8) is 0 Å². The van der Waals surface area contributed by atoms with Gasteiger partial charge in [-0.3, -0.25) is 4.79 Å². The highest BCUT2D eigenvalue weighted by Crippen LogP contribution is 2.23. The van der Waals surface area contributed by atoms with Crippen LogP contribution in [0.3, 0.4) is 0 Å². The smallest absolute Gasteiger partial charge is 0.246 e. The zero-order valence-corrected chi connectivity index (χ0v) is 10.1. The number of hydrogen-bond acceptors (Lipinski definition) is 3. The molecular formula is C12H22N2O2. The minimum Gasteiger partial charge on any atom is -0.363 e. The molecule has 1 saturated heterocycles. The summed E-state index contributed by atoms with van der Waals surface area (Å²) in [5, 5.41) is 6.11. The van der Waals surface area contributed by atoms with Gasteiger partial charge in [0.1, 0.15) is 6.61 Å². The first-order valence-corrected chi connectivity index (χ1v) is 6.29. The maximum absolute atomic E-state index is 11.5. The molecule has 0 radical (unpaired) electrons. The molecule has 1 aliphatic heterocycles. The molecule has 1 heterocycles. The van der Waals surface area contributed by atoms with Crippen LogP contribution in [0.4, 0.5) is 0 Å². The summed E-state index contributed by atoms with van der Waals surface area (Å²) in [5.74, 6) is 0.727. The molecule has 0 aromatic rings. The molecule has 4 heteroatoms. The monoisotopic (exact) mass is 226 g/mol. The molecule has 16 heavy (non-hydrogen) atoms. The first-order chi connectivity index (χ1) is 7.68. The molecule has 1 saturated carbocycles. The molecule has 2 N–H and O–H groups in total. The fraction of sp³-hybridized carbons (Fsp3) is 0.917.